The summed E-state index contributed by atoms with van der Waals surface area (Å²) in [6, 6.07) is 10.4. The second-order valence-corrected chi connectivity index (χ2v) is 8.53. The van der Waals surface area contributed by atoms with E-state index < -0.39 is 0 Å². The van der Waals surface area contributed by atoms with Crippen LogP contribution in [0.2, 0.25) is 0 Å². The fourth-order valence-electron chi connectivity index (χ4n) is 3.73. The average molecular weight is 429 g/mol. The first kappa shape index (κ1) is 20.7. The largest absolute Gasteiger partial charge is 0.356 e. The molecule has 0 spiro atoms. The van der Waals surface area contributed by atoms with Crippen molar-refractivity contribution in [1.29, 1.82) is 0 Å². The van der Waals surface area contributed by atoms with Crippen LogP contribution in [-0.2, 0) is 17.8 Å². The number of piperidine rings is 1. The highest BCUT2D eigenvalue weighted by atomic mass is 32.1. The van der Waals surface area contributed by atoms with Crippen molar-refractivity contribution in [1.82, 2.24) is 20.4 Å². The molecular weight excluding hydrogens is 403 g/mol. The number of likely N-dealkylation sites (tertiary alicyclic amines) is 1. The predicted octanol–water partition coefficient (Wildman–Crippen LogP) is 3.90. The number of nitrogens with zero attached hydrogens (tertiary/aromatic N) is 3. The summed E-state index contributed by atoms with van der Waals surface area (Å²) in [7, 11) is 0. The zero-order valence-electron chi connectivity index (χ0n) is 16.7. The number of hydrogen-bond donors (Lipinski definition) is 1. The van der Waals surface area contributed by atoms with E-state index in [2.05, 4.69) is 20.4 Å². The van der Waals surface area contributed by atoms with Gasteiger partial charge in [0, 0.05) is 13.1 Å². The SMILES string of the molecule is O=C(NCCCc1ccc(F)cc1)C1CCCN(Cc2nc(-c3cccs3)no2)C1. The zero-order valence-corrected chi connectivity index (χ0v) is 17.5. The van der Waals surface area contributed by atoms with E-state index in [1.165, 1.54) is 12.1 Å². The third kappa shape index (κ3) is 5.52. The van der Waals surface area contributed by atoms with E-state index >= 15 is 0 Å². The molecule has 0 saturated carbocycles. The number of nitrogens with one attached hydrogen (secondary N) is 1. The van der Waals surface area contributed by atoms with Crippen LogP contribution in [0.15, 0.2) is 46.3 Å². The van der Waals surface area contributed by atoms with Crippen molar-refractivity contribution in [3.05, 3.63) is 59.0 Å². The van der Waals surface area contributed by atoms with E-state index in [1.54, 1.807) is 23.5 Å². The monoisotopic (exact) mass is 428 g/mol. The summed E-state index contributed by atoms with van der Waals surface area (Å²) in [6.45, 7) is 2.80. The Morgan fingerprint density at radius 1 is 1.30 bits per heavy atom. The Morgan fingerprint density at radius 3 is 2.97 bits per heavy atom. The minimum atomic E-state index is -0.225. The van der Waals surface area contributed by atoms with Crippen LogP contribution >= 0.6 is 11.3 Å². The summed E-state index contributed by atoms with van der Waals surface area (Å²) < 4.78 is 18.3. The number of carbonyl (C=O) groups excluding carboxylic acids is 1. The molecule has 3 aromatic rings. The van der Waals surface area contributed by atoms with Gasteiger partial charge in [0.2, 0.25) is 17.6 Å². The number of aromatic nitrogens is 2. The fraction of sp³-hybridized carbons (Fsp3) is 0.409. The number of benzene rings is 1. The molecule has 4 rings (SSSR count). The van der Waals surface area contributed by atoms with Gasteiger partial charge in [-0.2, -0.15) is 4.98 Å². The molecule has 1 N–H and O–H groups in total. The second kappa shape index (κ2) is 9.95. The number of hydrogen-bond acceptors (Lipinski definition) is 6. The number of amides is 1. The lowest BCUT2D eigenvalue weighted by molar-refractivity contribution is -0.126. The third-order valence-electron chi connectivity index (χ3n) is 5.30. The Kier molecular flexibility index (Phi) is 6.86. The number of halogens is 1. The summed E-state index contributed by atoms with van der Waals surface area (Å²) in [5.74, 6) is 1.05. The quantitative estimate of drug-likeness (QED) is 0.551. The molecule has 1 atom stereocenters. The minimum absolute atomic E-state index is 0.0238. The van der Waals surface area contributed by atoms with Crippen LogP contribution < -0.4 is 5.32 Å². The smallest absolute Gasteiger partial charge is 0.241 e. The van der Waals surface area contributed by atoms with E-state index in [-0.39, 0.29) is 17.6 Å². The Bertz CT molecular complexity index is 942. The summed E-state index contributed by atoms with van der Waals surface area (Å²) in [5.41, 5.74) is 1.08. The molecule has 3 heterocycles. The summed E-state index contributed by atoms with van der Waals surface area (Å²) in [6.07, 6.45) is 3.52. The van der Waals surface area contributed by atoms with Crippen LogP contribution in [0.1, 0.15) is 30.7 Å². The topological polar surface area (TPSA) is 71.3 Å². The molecular formula is C22H25FN4O2S. The lowest BCUT2D eigenvalue weighted by Gasteiger charge is -2.30. The van der Waals surface area contributed by atoms with E-state index in [9.17, 15) is 9.18 Å². The lowest BCUT2D eigenvalue weighted by atomic mass is 9.97. The van der Waals surface area contributed by atoms with Gasteiger partial charge in [0.05, 0.1) is 17.3 Å². The van der Waals surface area contributed by atoms with Gasteiger partial charge in [-0.15, -0.1) is 11.3 Å². The van der Waals surface area contributed by atoms with E-state index in [1.807, 2.05) is 17.5 Å². The standard InChI is InChI=1S/C22H25FN4O2S/c23-18-9-7-16(8-10-18)4-1-11-24-22(28)17-5-2-12-27(14-17)15-20-25-21(26-29-20)19-6-3-13-30-19/h3,6-10,13,17H,1-2,4-5,11-12,14-15H2,(H,24,28). The molecule has 0 aliphatic carbocycles. The van der Waals surface area contributed by atoms with Crippen molar-refractivity contribution in [3.8, 4) is 10.7 Å². The van der Waals surface area contributed by atoms with Gasteiger partial charge < -0.3 is 9.84 Å². The van der Waals surface area contributed by atoms with Crippen LogP contribution in [0.4, 0.5) is 4.39 Å². The van der Waals surface area contributed by atoms with Gasteiger partial charge in [0.25, 0.3) is 0 Å². The molecule has 1 unspecified atom stereocenters. The summed E-state index contributed by atoms with van der Waals surface area (Å²) in [4.78, 5) is 20.2. The molecule has 1 saturated heterocycles. The molecule has 30 heavy (non-hydrogen) atoms. The highest BCUT2D eigenvalue weighted by molar-refractivity contribution is 7.13. The summed E-state index contributed by atoms with van der Waals surface area (Å²) >= 11 is 1.58. The molecule has 158 valence electrons. The zero-order chi connectivity index (χ0) is 20.8. The number of rotatable bonds is 8. The number of carbonyl (C=O) groups is 1. The maximum absolute atomic E-state index is 12.9. The van der Waals surface area contributed by atoms with Gasteiger partial charge in [-0.25, -0.2) is 4.39 Å². The molecule has 8 heteroatoms. The number of aryl methyl sites for hydroxylation is 1. The Labute approximate surface area is 179 Å². The molecule has 1 fully saturated rings. The highest BCUT2D eigenvalue weighted by Crippen LogP contribution is 2.23. The van der Waals surface area contributed by atoms with Crippen LogP contribution in [0.3, 0.4) is 0 Å². The van der Waals surface area contributed by atoms with Crippen molar-refractivity contribution in [2.24, 2.45) is 5.92 Å². The Balaban J connectivity index is 1.21. The van der Waals surface area contributed by atoms with E-state index in [0.717, 1.165) is 42.7 Å². The first-order valence-electron chi connectivity index (χ1n) is 10.3. The predicted molar refractivity (Wildman–Crippen MR) is 113 cm³/mol. The van der Waals surface area contributed by atoms with Gasteiger partial charge in [-0.1, -0.05) is 23.4 Å². The first-order valence-corrected chi connectivity index (χ1v) is 11.2. The first-order chi connectivity index (χ1) is 14.7. The second-order valence-electron chi connectivity index (χ2n) is 7.58. The van der Waals surface area contributed by atoms with Crippen molar-refractivity contribution in [3.63, 3.8) is 0 Å². The third-order valence-corrected chi connectivity index (χ3v) is 6.17. The average Bonchev–Trinajstić information content (AvgIpc) is 3.44. The summed E-state index contributed by atoms with van der Waals surface area (Å²) in [5, 5.41) is 9.09. The number of thiophene rings is 1. The minimum Gasteiger partial charge on any atom is -0.356 e. The maximum atomic E-state index is 12.9. The van der Waals surface area contributed by atoms with E-state index in [0.29, 0.717) is 31.3 Å². The lowest BCUT2D eigenvalue weighted by Crippen LogP contribution is -2.43. The van der Waals surface area contributed by atoms with Gasteiger partial charge in [-0.05, 0) is 61.4 Å². The van der Waals surface area contributed by atoms with Crippen LogP contribution in [0.5, 0.6) is 0 Å². The van der Waals surface area contributed by atoms with Gasteiger partial charge in [-0.3, -0.25) is 9.69 Å². The van der Waals surface area contributed by atoms with Gasteiger partial charge in [0.1, 0.15) is 5.82 Å². The van der Waals surface area contributed by atoms with Crippen LogP contribution in [-0.4, -0.2) is 40.6 Å². The van der Waals surface area contributed by atoms with E-state index in [4.69, 9.17) is 4.52 Å². The van der Waals surface area contributed by atoms with Crippen molar-refractivity contribution >= 4 is 17.2 Å². The fourth-order valence-corrected chi connectivity index (χ4v) is 4.38. The van der Waals surface area contributed by atoms with Crippen LogP contribution in [0, 0.1) is 11.7 Å². The highest BCUT2D eigenvalue weighted by Gasteiger charge is 2.26. The molecule has 1 aromatic carbocycles. The normalized spacial score (nSPS) is 17.2. The Hall–Kier alpha value is -2.58. The van der Waals surface area contributed by atoms with Crippen molar-refractivity contribution < 1.29 is 13.7 Å². The maximum Gasteiger partial charge on any atom is 0.241 e. The molecule has 1 aliphatic heterocycles. The van der Waals surface area contributed by atoms with Gasteiger partial charge >= 0.3 is 0 Å². The molecule has 0 bridgehead atoms. The Morgan fingerprint density at radius 2 is 2.17 bits per heavy atom. The molecule has 1 amide bonds. The molecule has 1 aliphatic rings. The molecule has 2 aromatic heterocycles. The van der Waals surface area contributed by atoms with Crippen molar-refractivity contribution in [2.75, 3.05) is 19.6 Å². The van der Waals surface area contributed by atoms with Gasteiger partial charge in [0.15, 0.2) is 0 Å². The van der Waals surface area contributed by atoms with Crippen LogP contribution in [0.25, 0.3) is 10.7 Å². The van der Waals surface area contributed by atoms with Crippen molar-refractivity contribution in [2.45, 2.75) is 32.2 Å². The molecule has 6 nitrogen and oxygen atoms in total. The molecule has 0 radical (unpaired) electrons.